The number of sulfonamides is 1. The Morgan fingerprint density at radius 2 is 1.92 bits per heavy atom. The number of hydrogen-bond acceptors (Lipinski definition) is 13. The molecule has 2 aromatic carbocycles. The number of piperazine rings is 1. The second kappa shape index (κ2) is 18.2. The second-order valence-electron chi connectivity index (χ2n) is 17.2. The number of thiophene rings is 1. The monoisotopic (exact) mass is 883 g/mol. The number of amides is 1. The van der Waals surface area contributed by atoms with E-state index in [1.807, 2.05) is 17.4 Å². The Hall–Kier alpha value is -5.33. The summed E-state index contributed by atoms with van der Waals surface area (Å²) in [6, 6.07) is 14.4. The first-order valence-electron chi connectivity index (χ1n) is 21.0. The summed E-state index contributed by atoms with van der Waals surface area (Å²) in [4.78, 5) is 38.5. The van der Waals surface area contributed by atoms with E-state index in [1.54, 1.807) is 30.5 Å². The van der Waals surface area contributed by atoms with E-state index in [4.69, 9.17) is 14.2 Å². The lowest BCUT2D eigenvalue weighted by Crippen LogP contribution is -2.47. The van der Waals surface area contributed by atoms with Gasteiger partial charge < -0.3 is 29.4 Å². The summed E-state index contributed by atoms with van der Waals surface area (Å²) < 4.78 is 46.8. The molecule has 0 saturated carbocycles. The van der Waals surface area contributed by atoms with Crippen molar-refractivity contribution >= 4 is 60.9 Å². The summed E-state index contributed by atoms with van der Waals surface area (Å²) in [7, 11) is -4.58. The van der Waals surface area contributed by atoms with E-state index in [2.05, 4.69) is 68.9 Å². The minimum absolute atomic E-state index is 0.0403. The maximum absolute atomic E-state index is 13.9. The number of benzene rings is 2. The van der Waals surface area contributed by atoms with Crippen molar-refractivity contribution < 1.29 is 32.3 Å². The number of allylic oxidation sites excluding steroid dienone is 1. The average molecular weight is 884 g/mol. The molecule has 328 valence electrons. The van der Waals surface area contributed by atoms with Crippen LogP contribution in [0.3, 0.4) is 0 Å². The van der Waals surface area contributed by atoms with E-state index in [0.717, 1.165) is 62.7 Å². The summed E-state index contributed by atoms with van der Waals surface area (Å²) in [5.74, 6) is -0.00289. The number of rotatable bonds is 14. The van der Waals surface area contributed by atoms with Gasteiger partial charge in [0.25, 0.3) is 21.6 Å². The molecule has 3 aromatic heterocycles. The number of ether oxygens (including phenoxy) is 3. The fraction of sp³-hybridized carbons (Fsp3) is 0.422. The van der Waals surface area contributed by atoms with Crippen LogP contribution in [-0.2, 0) is 19.5 Å². The lowest BCUT2D eigenvalue weighted by atomic mass is 9.72. The number of carbonyl (C=O) groups excluding carboxylic acids is 1. The molecule has 0 radical (unpaired) electrons. The lowest BCUT2D eigenvalue weighted by molar-refractivity contribution is -0.384. The summed E-state index contributed by atoms with van der Waals surface area (Å²) in [5, 5.41) is 18.0. The SMILES string of the molecule is CC(C)c1sccc1C1=C(CN2CCN(c3ccc(C(=O)NS(=O)(=O)c4ccc(NCC5COCCO5)c([N+](=O)[O-])c4)c(Oc4cnc5[nH]ccc5c4)c3)CC2)CCC(C)(C)C1. The van der Waals surface area contributed by atoms with Crippen LogP contribution in [0.5, 0.6) is 11.5 Å². The first-order chi connectivity index (χ1) is 29.7. The van der Waals surface area contributed by atoms with E-state index in [1.165, 1.54) is 46.3 Å². The highest BCUT2D eigenvalue weighted by Gasteiger charge is 2.32. The fourth-order valence-electron chi connectivity index (χ4n) is 8.42. The molecule has 2 fully saturated rings. The van der Waals surface area contributed by atoms with E-state index in [-0.39, 0.29) is 35.1 Å². The van der Waals surface area contributed by atoms with Crippen LogP contribution in [0.2, 0.25) is 0 Å². The number of carbonyl (C=O) groups is 1. The van der Waals surface area contributed by atoms with Crippen molar-refractivity contribution in [2.45, 2.75) is 63.9 Å². The third kappa shape index (κ3) is 9.81. The summed E-state index contributed by atoms with van der Waals surface area (Å²) in [6.07, 6.45) is 6.30. The molecule has 1 amide bonds. The van der Waals surface area contributed by atoms with Gasteiger partial charge in [-0.3, -0.25) is 19.8 Å². The van der Waals surface area contributed by atoms with Crippen molar-refractivity contribution in [1.82, 2.24) is 19.6 Å². The van der Waals surface area contributed by atoms with Crippen LogP contribution in [0.25, 0.3) is 16.6 Å². The number of nitrogens with zero attached hydrogens (tertiary/aromatic N) is 4. The number of pyridine rings is 1. The molecule has 5 aromatic rings. The van der Waals surface area contributed by atoms with Crippen molar-refractivity contribution in [2.24, 2.45) is 5.41 Å². The quantitative estimate of drug-likeness (QED) is 0.0720. The van der Waals surface area contributed by atoms with Crippen molar-refractivity contribution in [3.63, 3.8) is 0 Å². The minimum atomic E-state index is -4.58. The smallest absolute Gasteiger partial charge is 0.293 e. The molecule has 0 spiro atoms. The standard InChI is InChI=1S/C45H53N7O8S2/c1-29(2)42-36(11-20-61-42)38-24-45(3,4)12-9-31(38)27-50-14-16-51(17-15-50)32-5-7-37(41(22-32)60-33-21-30-10-13-46-43(30)48-25-33)44(53)49-62(56,57)35-6-8-39(40(23-35)52(54)55)47-26-34-28-58-18-19-59-34/h5-8,10-11,13,20-23,25,29,34,47H,9,12,14-19,24,26-28H2,1-4H3,(H,46,48)(H,49,53). The Morgan fingerprint density at radius 1 is 1.10 bits per heavy atom. The maximum atomic E-state index is 13.9. The molecule has 1 unspecified atom stereocenters. The molecule has 5 heterocycles. The van der Waals surface area contributed by atoms with Crippen molar-refractivity contribution in [3.05, 3.63) is 104 Å². The van der Waals surface area contributed by atoms with Gasteiger partial charge >= 0.3 is 0 Å². The Bertz CT molecular complexity index is 2590. The number of H-pyrrole nitrogens is 1. The first kappa shape index (κ1) is 43.3. The van der Waals surface area contributed by atoms with Gasteiger partial charge in [0, 0.05) is 73.5 Å². The maximum Gasteiger partial charge on any atom is 0.293 e. The molecule has 1 aliphatic carbocycles. The van der Waals surface area contributed by atoms with Gasteiger partial charge in [-0.1, -0.05) is 33.3 Å². The van der Waals surface area contributed by atoms with E-state index in [0.29, 0.717) is 37.1 Å². The number of fused-ring (bicyclic) bond motifs is 1. The average Bonchev–Trinajstić information content (AvgIpc) is 3.94. The Morgan fingerprint density at radius 3 is 2.68 bits per heavy atom. The van der Waals surface area contributed by atoms with Crippen molar-refractivity contribution in [2.75, 3.05) is 69.3 Å². The molecule has 1 atom stereocenters. The topological polar surface area (TPSA) is 181 Å². The third-order valence-electron chi connectivity index (χ3n) is 11.8. The van der Waals surface area contributed by atoms with Gasteiger partial charge in [0.15, 0.2) is 0 Å². The summed E-state index contributed by atoms with van der Waals surface area (Å²) in [6.45, 7) is 14.8. The number of nitro groups is 1. The number of anilines is 2. The minimum Gasteiger partial charge on any atom is -0.455 e. The first-order valence-corrected chi connectivity index (χ1v) is 23.4. The van der Waals surface area contributed by atoms with Gasteiger partial charge in [-0.15, -0.1) is 11.3 Å². The van der Waals surface area contributed by atoms with Crippen LogP contribution in [0.15, 0.2) is 82.8 Å². The van der Waals surface area contributed by atoms with Gasteiger partial charge in [-0.25, -0.2) is 18.1 Å². The molecule has 2 saturated heterocycles. The van der Waals surface area contributed by atoms with Crippen molar-refractivity contribution in [3.8, 4) is 11.5 Å². The van der Waals surface area contributed by atoms with E-state index in [9.17, 15) is 23.3 Å². The van der Waals surface area contributed by atoms with Crippen LogP contribution in [0.1, 0.15) is 73.7 Å². The largest absolute Gasteiger partial charge is 0.455 e. The van der Waals surface area contributed by atoms with Gasteiger partial charge in [0.05, 0.1) is 47.5 Å². The van der Waals surface area contributed by atoms with Crippen LogP contribution in [-0.4, -0.2) is 99.3 Å². The molecule has 17 heteroatoms. The Labute approximate surface area is 365 Å². The van der Waals surface area contributed by atoms with Crippen LogP contribution in [0, 0.1) is 15.5 Å². The predicted molar refractivity (Wildman–Crippen MR) is 241 cm³/mol. The highest BCUT2D eigenvalue weighted by molar-refractivity contribution is 7.90. The second-order valence-corrected chi connectivity index (χ2v) is 19.9. The van der Waals surface area contributed by atoms with Crippen LogP contribution >= 0.6 is 11.3 Å². The van der Waals surface area contributed by atoms with Gasteiger partial charge in [0.2, 0.25) is 0 Å². The Kier molecular flexibility index (Phi) is 12.7. The van der Waals surface area contributed by atoms with Gasteiger partial charge in [-0.05, 0) is 89.6 Å². The van der Waals surface area contributed by atoms with Gasteiger partial charge in [-0.2, -0.15) is 0 Å². The summed E-state index contributed by atoms with van der Waals surface area (Å²) >= 11 is 1.86. The Balaban J connectivity index is 1.01. The number of hydrogen-bond donors (Lipinski definition) is 3. The molecular formula is C45H53N7O8S2. The zero-order valence-corrected chi connectivity index (χ0v) is 37.1. The zero-order chi connectivity index (χ0) is 43.6. The zero-order valence-electron chi connectivity index (χ0n) is 35.4. The predicted octanol–water partition coefficient (Wildman–Crippen LogP) is 8.18. The fourth-order valence-corrected chi connectivity index (χ4v) is 10.3. The molecule has 62 heavy (non-hydrogen) atoms. The number of nitro benzene ring substituents is 1. The number of aromatic nitrogens is 2. The molecule has 15 nitrogen and oxygen atoms in total. The molecule has 2 aliphatic heterocycles. The van der Waals surface area contributed by atoms with E-state index >= 15 is 0 Å². The normalized spacial score (nSPS) is 18.6. The van der Waals surface area contributed by atoms with E-state index < -0.39 is 31.4 Å². The highest BCUT2D eigenvalue weighted by Crippen LogP contribution is 2.46. The highest BCUT2D eigenvalue weighted by atomic mass is 32.2. The van der Waals surface area contributed by atoms with Gasteiger partial charge in [0.1, 0.15) is 22.8 Å². The third-order valence-corrected chi connectivity index (χ3v) is 14.3. The molecule has 0 bridgehead atoms. The van der Waals surface area contributed by atoms with Crippen LogP contribution in [0.4, 0.5) is 17.1 Å². The molecular weight excluding hydrogens is 831 g/mol. The molecule has 3 N–H and O–H groups in total. The van der Waals surface area contributed by atoms with Crippen LogP contribution < -0.4 is 19.7 Å². The number of aromatic amines is 1. The van der Waals surface area contributed by atoms with Crippen molar-refractivity contribution in [1.29, 1.82) is 0 Å². The molecule has 3 aliphatic rings. The summed E-state index contributed by atoms with van der Waals surface area (Å²) in [5.41, 5.74) is 5.81. The number of nitrogens with one attached hydrogen (secondary N) is 3. The molecule has 8 rings (SSSR count). The lowest BCUT2D eigenvalue weighted by Gasteiger charge is -2.39.